The van der Waals surface area contributed by atoms with Gasteiger partial charge in [-0.05, 0) is 43.0 Å². The molecule has 0 aliphatic carbocycles. The van der Waals surface area contributed by atoms with Gasteiger partial charge in [0.1, 0.15) is 0 Å². The fraction of sp³-hybridized carbons (Fsp3) is 0.409. The van der Waals surface area contributed by atoms with Gasteiger partial charge in [0.15, 0.2) is 0 Å². The maximum Gasteiger partial charge on any atom is 0.235 e. The van der Waals surface area contributed by atoms with E-state index >= 15 is 0 Å². The zero-order valence-corrected chi connectivity index (χ0v) is 18.9. The van der Waals surface area contributed by atoms with E-state index in [1.807, 2.05) is 6.07 Å². The van der Waals surface area contributed by atoms with Crippen molar-refractivity contribution in [1.82, 2.24) is 9.62 Å². The topological polar surface area (TPSA) is 69.7 Å². The summed E-state index contributed by atoms with van der Waals surface area (Å²) in [4.78, 5) is 14.7. The summed E-state index contributed by atoms with van der Waals surface area (Å²) in [6.45, 7) is 3.38. The first kappa shape index (κ1) is 22.6. The Morgan fingerprint density at radius 2 is 1.90 bits per heavy atom. The molecule has 1 N–H and O–H groups in total. The number of hydrogen-bond donors (Lipinski definition) is 1. The van der Waals surface area contributed by atoms with Gasteiger partial charge in [-0.15, -0.1) is 0 Å². The molecule has 0 fully saturated rings. The van der Waals surface area contributed by atoms with Gasteiger partial charge in [0, 0.05) is 36.4 Å². The van der Waals surface area contributed by atoms with Crippen molar-refractivity contribution in [3.05, 3.63) is 64.7 Å². The number of anilines is 1. The van der Waals surface area contributed by atoms with Crippen LogP contribution in [-0.4, -0.2) is 50.6 Å². The zero-order valence-electron chi connectivity index (χ0n) is 17.3. The minimum absolute atomic E-state index is 0.0635. The number of para-hydroxylation sites is 1. The molecule has 1 atom stereocenters. The number of nitrogens with zero attached hydrogens (tertiary/aromatic N) is 2. The smallest absolute Gasteiger partial charge is 0.235 e. The van der Waals surface area contributed by atoms with Gasteiger partial charge in [-0.2, -0.15) is 4.31 Å². The summed E-state index contributed by atoms with van der Waals surface area (Å²) in [5.74, 6) is -0.317. The van der Waals surface area contributed by atoms with E-state index in [0.717, 1.165) is 29.9 Å². The molecule has 1 aliphatic rings. The van der Waals surface area contributed by atoms with Gasteiger partial charge in [-0.25, -0.2) is 8.42 Å². The first-order chi connectivity index (χ1) is 14.3. The van der Waals surface area contributed by atoms with Gasteiger partial charge in [-0.1, -0.05) is 48.0 Å². The number of rotatable bonds is 9. The molecule has 1 aliphatic heterocycles. The Kier molecular flexibility index (Phi) is 7.39. The van der Waals surface area contributed by atoms with E-state index in [1.54, 1.807) is 24.3 Å². The molecule has 6 nitrogen and oxygen atoms in total. The molecule has 0 spiro atoms. The van der Waals surface area contributed by atoms with Crippen LogP contribution in [0.15, 0.2) is 48.5 Å². The van der Waals surface area contributed by atoms with E-state index in [0.29, 0.717) is 23.2 Å². The normalized spacial score (nSPS) is 16.0. The van der Waals surface area contributed by atoms with Crippen LogP contribution < -0.4 is 10.2 Å². The summed E-state index contributed by atoms with van der Waals surface area (Å²) in [6.07, 6.45) is 2.92. The van der Waals surface area contributed by atoms with Gasteiger partial charge >= 0.3 is 0 Å². The number of halogens is 1. The van der Waals surface area contributed by atoms with Crippen LogP contribution in [0, 0.1) is 0 Å². The first-order valence-corrected chi connectivity index (χ1v) is 12.3. The number of carbonyl (C=O) groups is 1. The highest BCUT2D eigenvalue weighted by molar-refractivity contribution is 7.88. The Balaban J connectivity index is 1.50. The lowest BCUT2D eigenvalue weighted by molar-refractivity contribution is -0.121. The molecule has 2 aromatic rings. The number of benzene rings is 2. The molecule has 0 radical (unpaired) electrons. The summed E-state index contributed by atoms with van der Waals surface area (Å²) in [7, 11) is -3.55. The molecule has 2 aromatic carbocycles. The third-order valence-electron chi connectivity index (χ3n) is 5.34. The Morgan fingerprint density at radius 3 is 2.63 bits per heavy atom. The van der Waals surface area contributed by atoms with Crippen molar-refractivity contribution in [3.8, 4) is 0 Å². The lowest BCUT2D eigenvalue weighted by atomic mass is 10.1. The van der Waals surface area contributed by atoms with E-state index in [2.05, 4.69) is 35.3 Å². The number of sulfonamides is 1. The molecule has 8 heteroatoms. The minimum Gasteiger partial charge on any atom is -0.368 e. The number of amides is 1. The lowest BCUT2D eigenvalue weighted by Crippen LogP contribution is -2.41. The van der Waals surface area contributed by atoms with Gasteiger partial charge in [0.2, 0.25) is 15.9 Å². The van der Waals surface area contributed by atoms with Crippen LogP contribution in [0.1, 0.15) is 24.5 Å². The molecule has 162 valence electrons. The molecular weight excluding hydrogens is 422 g/mol. The van der Waals surface area contributed by atoms with Crippen molar-refractivity contribution in [2.45, 2.75) is 32.4 Å². The Morgan fingerprint density at radius 1 is 1.20 bits per heavy atom. The monoisotopic (exact) mass is 449 g/mol. The van der Waals surface area contributed by atoms with E-state index in [-0.39, 0.29) is 19.0 Å². The molecule has 1 heterocycles. The third kappa shape index (κ3) is 5.74. The molecule has 30 heavy (non-hydrogen) atoms. The van der Waals surface area contributed by atoms with Crippen LogP contribution in [-0.2, 0) is 27.8 Å². The number of fused-ring (bicyclic) bond motifs is 1. The molecule has 0 saturated heterocycles. The highest BCUT2D eigenvalue weighted by Crippen LogP contribution is 2.31. The van der Waals surface area contributed by atoms with E-state index in [9.17, 15) is 13.2 Å². The SMILES string of the molecule is C[C@@H]1Cc2ccccc2N1CCCNC(=O)CN(Cc1ccccc1Cl)S(C)(=O)=O. The maximum absolute atomic E-state index is 12.4. The van der Waals surface area contributed by atoms with E-state index in [4.69, 9.17) is 11.6 Å². The Hall–Kier alpha value is -2.09. The average Bonchev–Trinajstić information content (AvgIpc) is 3.01. The second kappa shape index (κ2) is 9.81. The van der Waals surface area contributed by atoms with Crippen molar-refractivity contribution in [1.29, 1.82) is 0 Å². The summed E-state index contributed by atoms with van der Waals surface area (Å²) < 4.78 is 25.4. The summed E-state index contributed by atoms with van der Waals surface area (Å²) in [5.41, 5.74) is 3.29. The van der Waals surface area contributed by atoms with Crippen molar-refractivity contribution in [2.24, 2.45) is 0 Å². The molecule has 0 saturated carbocycles. The predicted octanol–water partition coefficient (Wildman–Crippen LogP) is 3.06. The van der Waals surface area contributed by atoms with E-state index < -0.39 is 10.0 Å². The highest BCUT2D eigenvalue weighted by Gasteiger charge is 2.25. The molecule has 0 unspecified atom stereocenters. The standard InChI is InChI=1S/C22H28ClN3O3S/c1-17-14-18-8-4-6-11-21(18)26(17)13-7-12-24-22(27)16-25(30(2,28)29)15-19-9-3-5-10-20(19)23/h3-6,8-11,17H,7,12-16H2,1-2H3,(H,24,27)/t17-/m1/s1. The summed E-state index contributed by atoms with van der Waals surface area (Å²) in [6, 6.07) is 15.9. The largest absolute Gasteiger partial charge is 0.368 e. The first-order valence-electron chi connectivity index (χ1n) is 10.1. The van der Waals surface area contributed by atoms with Crippen molar-refractivity contribution >= 4 is 33.2 Å². The summed E-state index contributed by atoms with van der Waals surface area (Å²) >= 11 is 6.14. The number of nitrogens with one attached hydrogen (secondary N) is 1. The van der Waals surface area contributed by atoms with Gasteiger partial charge in [0.25, 0.3) is 0 Å². The van der Waals surface area contributed by atoms with E-state index in [1.165, 1.54) is 11.3 Å². The van der Waals surface area contributed by atoms with Crippen LogP contribution in [0.25, 0.3) is 0 Å². The number of hydrogen-bond acceptors (Lipinski definition) is 4. The predicted molar refractivity (Wildman–Crippen MR) is 121 cm³/mol. The minimum atomic E-state index is -3.55. The fourth-order valence-corrected chi connectivity index (χ4v) is 4.69. The summed E-state index contributed by atoms with van der Waals surface area (Å²) in [5, 5.41) is 3.32. The molecular formula is C22H28ClN3O3S. The molecule has 1 amide bonds. The maximum atomic E-state index is 12.4. The van der Waals surface area contributed by atoms with Crippen LogP contribution in [0.3, 0.4) is 0 Å². The average molecular weight is 450 g/mol. The van der Waals surface area contributed by atoms with Gasteiger partial charge < -0.3 is 10.2 Å². The lowest BCUT2D eigenvalue weighted by Gasteiger charge is -2.25. The Bertz CT molecular complexity index is 997. The van der Waals surface area contributed by atoms with Crippen LogP contribution in [0.2, 0.25) is 5.02 Å². The molecule has 3 rings (SSSR count). The van der Waals surface area contributed by atoms with Gasteiger partial charge in [-0.3, -0.25) is 4.79 Å². The van der Waals surface area contributed by atoms with Crippen molar-refractivity contribution in [2.75, 3.05) is 30.8 Å². The quantitative estimate of drug-likeness (QED) is 0.597. The molecule has 0 aromatic heterocycles. The second-order valence-corrected chi connectivity index (χ2v) is 10.1. The van der Waals surface area contributed by atoms with Crippen molar-refractivity contribution in [3.63, 3.8) is 0 Å². The number of carbonyl (C=O) groups excluding carboxylic acids is 1. The third-order valence-corrected chi connectivity index (χ3v) is 6.90. The molecule has 0 bridgehead atoms. The second-order valence-electron chi connectivity index (χ2n) is 7.70. The fourth-order valence-electron chi connectivity index (χ4n) is 3.77. The highest BCUT2D eigenvalue weighted by atomic mass is 35.5. The van der Waals surface area contributed by atoms with Crippen LogP contribution >= 0.6 is 11.6 Å². The Labute approximate surface area is 183 Å². The van der Waals surface area contributed by atoms with Crippen LogP contribution in [0.4, 0.5) is 5.69 Å². The van der Waals surface area contributed by atoms with Gasteiger partial charge in [0.05, 0.1) is 12.8 Å². The van der Waals surface area contributed by atoms with Crippen LogP contribution in [0.5, 0.6) is 0 Å². The zero-order chi connectivity index (χ0) is 21.7. The van der Waals surface area contributed by atoms with Crippen molar-refractivity contribution < 1.29 is 13.2 Å².